The van der Waals surface area contributed by atoms with Crippen molar-refractivity contribution < 1.29 is 9.53 Å². The molecule has 0 bridgehead atoms. The molecule has 3 aromatic carbocycles. The highest BCUT2D eigenvalue weighted by molar-refractivity contribution is 5.90. The minimum absolute atomic E-state index is 0.255. The molecule has 0 saturated heterocycles. The molecule has 25 heavy (non-hydrogen) atoms. The fourth-order valence-electron chi connectivity index (χ4n) is 2.53. The molecule has 0 saturated carbocycles. The van der Waals surface area contributed by atoms with E-state index in [0.29, 0.717) is 11.1 Å². The van der Waals surface area contributed by atoms with Crippen LogP contribution in [0.25, 0.3) is 11.1 Å². The van der Waals surface area contributed by atoms with E-state index < -0.39 is 0 Å². The Kier molecular flexibility index (Phi) is 4.92. The number of nitrogens with zero attached hydrogens (tertiary/aromatic N) is 1. The van der Waals surface area contributed by atoms with Crippen LogP contribution in [0.2, 0.25) is 0 Å². The number of aryl methyl sites for hydroxylation is 1. The van der Waals surface area contributed by atoms with Crippen LogP contribution in [0.4, 0.5) is 0 Å². The van der Waals surface area contributed by atoms with Crippen molar-refractivity contribution in [1.29, 1.82) is 5.26 Å². The first-order valence-electron chi connectivity index (χ1n) is 7.99. The van der Waals surface area contributed by atoms with Gasteiger partial charge in [-0.05, 0) is 47.4 Å². The third-order valence-electron chi connectivity index (χ3n) is 4.02. The predicted octanol–water partition coefficient (Wildman–Crippen LogP) is 4.89. The van der Waals surface area contributed by atoms with Gasteiger partial charge in [0.05, 0.1) is 17.2 Å². The number of hydrogen-bond donors (Lipinski definition) is 0. The van der Waals surface area contributed by atoms with E-state index in [-0.39, 0.29) is 12.6 Å². The molecule has 0 aliphatic heterocycles. The van der Waals surface area contributed by atoms with Gasteiger partial charge in [0.2, 0.25) is 0 Å². The third-order valence-corrected chi connectivity index (χ3v) is 4.02. The van der Waals surface area contributed by atoms with Gasteiger partial charge < -0.3 is 4.74 Å². The molecule has 0 unspecified atom stereocenters. The fourth-order valence-corrected chi connectivity index (χ4v) is 2.53. The average molecular weight is 327 g/mol. The molecule has 3 aromatic rings. The Hall–Kier alpha value is -3.38. The van der Waals surface area contributed by atoms with Crippen LogP contribution in [-0.2, 0) is 11.3 Å². The zero-order valence-electron chi connectivity index (χ0n) is 13.9. The van der Waals surface area contributed by atoms with E-state index >= 15 is 0 Å². The quantitative estimate of drug-likeness (QED) is 0.641. The lowest BCUT2D eigenvalue weighted by atomic mass is 9.99. The molecule has 0 radical (unpaired) electrons. The van der Waals surface area contributed by atoms with Gasteiger partial charge in [0.1, 0.15) is 6.61 Å². The van der Waals surface area contributed by atoms with E-state index in [0.717, 1.165) is 22.3 Å². The van der Waals surface area contributed by atoms with Crippen LogP contribution in [-0.4, -0.2) is 5.97 Å². The predicted molar refractivity (Wildman–Crippen MR) is 96.9 cm³/mol. The highest BCUT2D eigenvalue weighted by Gasteiger charge is 2.08. The van der Waals surface area contributed by atoms with Crippen molar-refractivity contribution in [3.8, 4) is 17.2 Å². The highest BCUT2D eigenvalue weighted by Crippen LogP contribution is 2.23. The lowest BCUT2D eigenvalue weighted by Gasteiger charge is -2.07. The fraction of sp³-hybridized carbons (Fsp3) is 0.0909. The van der Waals surface area contributed by atoms with Gasteiger partial charge >= 0.3 is 5.97 Å². The van der Waals surface area contributed by atoms with Crippen molar-refractivity contribution in [3.63, 3.8) is 0 Å². The number of benzene rings is 3. The molecule has 0 heterocycles. The van der Waals surface area contributed by atoms with Gasteiger partial charge in [0.25, 0.3) is 0 Å². The van der Waals surface area contributed by atoms with Crippen LogP contribution in [0.15, 0.2) is 72.8 Å². The van der Waals surface area contributed by atoms with Gasteiger partial charge in [0.15, 0.2) is 0 Å². The first-order valence-corrected chi connectivity index (χ1v) is 7.99. The lowest BCUT2D eigenvalue weighted by Crippen LogP contribution is -2.05. The lowest BCUT2D eigenvalue weighted by molar-refractivity contribution is 0.0473. The topological polar surface area (TPSA) is 50.1 Å². The van der Waals surface area contributed by atoms with E-state index in [1.807, 2.05) is 67.6 Å². The molecule has 0 N–H and O–H groups in total. The molecule has 3 heteroatoms. The van der Waals surface area contributed by atoms with Crippen LogP contribution in [0.3, 0.4) is 0 Å². The average Bonchev–Trinajstić information content (AvgIpc) is 2.67. The van der Waals surface area contributed by atoms with E-state index in [2.05, 4.69) is 6.07 Å². The number of carbonyl (C=O) groups is 1. The summed E-state index contributed by atoms with van der Waals surface area (Å²) in [6.45, 7) is 2.17. The first kappa shape index (κ1) is 16.5. The minimum atomic E-state index is -0.350. The van der Waals surface area contributed by atoms with E-state index in [4.69, 9.17) is 10.00 Å². The van der Waals surface area contributed by atoms with Crippen molar-refractivity contribution in [2.24, 2.45) is 0 Å². The summed E-state index contributed by atoms with van der Waals surface area (Å²) in [5, 5.41) is 9.15. The summed E-state index contributed by atoms with van der Waals surface area (Å²) >= 11 is 0. The number of ether oxygens (including phenoxy) is 1. The maximum atomic E-state index is 12.1. The molecule has 0 atom stereocenters. The maximum Gasteiger partial charge on any atom is 0.338 e. The smallest absolute Gasteiger partial charge is 0.338 e. The molecular weight excluding hydrogens is 310 g/mol. The number of carbonyl (C=O) groups excluding carboxylic acids is 1. The van der Waals surface area contributed by atoms with Crippen LogP contribution >= 0.6 is 0 Å². The van der Waals surface area contributed by atoms with Crippen molar-refractivity contribution in [2.75, 3.05) is 0 Å². The van der Waals surface area contributed by atoms with Gasteiger partial charge in [-0.15, -0.1) is 0 Å². The van der Waals surface area contributed by atoms with Crippen molar-refractivity contribution >= 4 is 5.97 Å². The Bertz CT molecular complexity index is 922. The highest BCUT2D eigenvalue weighted by atomic mass is 16.5. The van der Waals surface area contributed by atoms with Gasteiger partial charge in [0, 0.05) is 0 Å². The number of hydrogen-bond acceptors (Lipinski definition) is 3. The molecule has 3 rings (SSSR count). The molecule has 3 nitrogen and oxygen atoms in total. The number of rotatable bonds is 4. The van der Waals surface area contributed by atoms with Crippen LogP contribution in [0, 0.1) is 18.3 Å². The van der Waals surface area contributed by atoms with E-state index in [9.17, 15) is 4.79 Å². The van der Waals surface area contributed by atoms with E-state index in [1.54, 1.807) is 12.1 Å². The molecule has 0 fully saturated rings. The summed E-state index contributed by atoms with van der Waals surface area (Å²) in [5.74, 6) is -0.350. The zero-order chi connectivity index (χ0) is 17.6. The zero-order valence-corrected chi connectivity index (χ0v) is 13.9. The number of esters is 1. The minimum Gasteiger partial charge on any atom is -0.457 e. The van der Waals surface area contributed by atoms with Crippen molar-refractivity contribution in [1.82, 2.24) is 0 Å². The summed E-state index contributed by atoms with van der Waals surface area (Å²) in [4.78, 5) is 12.1. The maximum absolute atomic E-state index is 12.1. The molecule has 0 aliphatic carbocycles. The normalized spacial score (nSPS) is 10.1. The summed E-state index contributed by atoms with van der Waals surface area (Å²) in [6, 6.07) is 24.8. The van der Waals surface area contributed by atoms with E-state index in [1.165, 1.54) is 0 Å². The summed E-state index contributed by atoms with van der Waals surface area (Å²) in [5.41, 5.74) is 4.97. The van der Waals surface area contributed by atoms with Gasteiger partial charge in [-0.1, -0.05) is 54.6 Å². The second-order valence-corrected chi connectivity index (χ2v) is 5.78. The van der Waals surface area contributed by atoms with Crippen LogP contribution in [0.1, 0.15) is 27.0 Å². The Morgan fingerprint density at radius 2 is 1.64 bits per heavy atom. The Balaban J connectivity index is 1.71. The second-order valence-electron chi connectivity index (χ2n) is 5.78. The monoisotopic (exact) mass is 327 g/mol. The molecule has 122 valence electrons. The SMILES string of the molecule is Cc1ccc(-c2ccc(C(=O)OCc3ccccc3)cc2)cc1C#N. The summed E-state index contributed by atoms with van der Waals surface area (Å²) in [7, 11) is 0. The molecule has 0 spiro atoms. The first-order chi connectivity index (χ1) is 12.2. The summed E-state index contributed by atoms with van der Waals surface area (Å²) < 4.78 is 5.33. The number of nitriles is 1. The van der Waals surface area contributed by atoms with Crippen molar-refractivity contribution in [2.45, 2.75) is 13.5 Å². The standard InChI is InChI=1S/C22H17NO2/c1-16-7-8-20(13-21(16)14-23)18-9-11-19(12-10-18)22(24)25-15-17-5-3-2-4-6-17/h2-13H,15H2,1H3. The second kappa shape index (κ2) is 7.46. The van der Waals surface area contributed by atoms with Crippen molar-refractivity contribution in [3.05, 3.63) is 95.1 Å². The molecular formula is C22H17NO2. The van der Waals surface area contributed by atoms with Gasteiger partial charge in [-0.2, -0.15) is 5.26 Å². The van der Waals surface area contributed by atoms with Gasteiger partial charge in [-0.3, -0.25) is 0 Å². The Labute approximate surface area is 147 Å². The summed E-state index contributed by atoms with van der Waals surface area (Å²) in [6.07, 6.45) is 0. The van der Waals surface area contributed by atoms with Gasteiger partial charge in [-0.25, -0.2) is 4.79 Å². The molecule has 0 aliphatic rings. The molecule has 0 aromatic heterocycles. The largest absolute Gasteiger partial charge is 0.457 e. The van der Waals surface area contributed by atoms with Crippen LogP contribution in [0.5, 0.6) is 0 Å². The Morgan fingerprint density at radius 1 is 0.960 bits per heavy atom. The van der Waals surface area contributed by atoms with Crippen LogP contribution < -0.4 is 0 Å². The molecule has 0 amide bonds. The third kappa shape index (κ3) is 3.94. The Morgan fingerprint density at radius 3 is 2.32 bits per heavy atom.